The van der Waals surface area contributed by atoms with E-state index in [2.05, 4.69) is 56.2 Å². The van der Waals surface area contributed by atoms with Gasteiger partial charge in [-0.25, -0.2) is 9.97 Å². The highest BCUT2D eigenvalue weighted by molar-refractivity contribution is 7.99. The summed E-state index contributed by atoms with van der Waals surface area (Å²) in [5.74, 6) is 1.51. The van der Waals surface area contributed by atoms with Gasteiger partial charge in [-0.15, -0.1) is 0 Å². The Hall–Kier alpha value is -2.36. The molecule has 3 aliphatic rings. The monoisotopic (exact) mass is 584 g/mol. The highest BCUT2D eigenvalue weighted by Crippen LogP contribution is 2.29. The Labute approximate surface area is 247 Å². The van der Waals surface area contributed by atoms with Gasteiger partial charge in [0.15, 0.2) is 5.16 Å². The summed E-state index contributed by atoms with van der Waals surface area (Å²) in [5.41, 5.74) is 1.33. The zero-order valence-corrected chi connectivity index (χ0v) is 25.0. The maximum atomic E-state index is 13.1. The lowest BCUT2D eigenvalue weighted by Crippen LogP contribution is -2.55. The van der Waals surface area contributed by atoms with Gasteiger partial charge in [0.2, 0.25) is 11.8 Å². The number of rotatable bonds is 8. The molecule has 10 heteroatoms. The van der Waals surface area contributed by atoms with Gasteiger partial charge in [0, 0.05) is 63.3 Å². The number of nitrogens with zero attached hydrogens (tertiary/aromatic N) is 5. The minimum atomic E-state index is 0.0000894. The van der Waals surface area contributed by atoms with Crippen LogP contribution in [-0.2, 0) is 16.1 Å². The quantitative estimate of drug-likeness (QED) is 0.275. The van der Waals surface area contributed by atoms with Crippen LogP contribution >= 0.6 is 23.4 Å². The lowest BCUT2D eigenvalue weighted by atomic mass is 9.88. The first-order chi connectivity index (χ1) is 19.4. The molecule has 1 unspecified atom stereocenters. The maximum Gasteiger partial charge on any atom is 0.230 e. The van der Waals surface area contributed by atoms with Gasteiger partial charge in [-0.05, 0) is 38.2 Å². The molecule has 5 rings (SSSR count). The molecule has 8 nitrogen and oxygen atoms in total. The van der Waals surface area contributed by atoms with Crippen LogP contribution in [0, 0.1) is 5.92 Å². The van der Waals surface area contributed by atoms with Crippen LogP contribution in [0.25, 0.3) is 0 Å². The van der Waals surface area contributed by atoms with E-state index in [9.17, 15) is 9.59 Å². The highest BCUT2D eigenvalue weighted by Gasteiger charge is 2.33. The average Bonchev–Trinajstić information content (AvgIpc) is 2.97. The second kappa shape index (κ2) is 14.0. The van der Waals surface area contributed by atoms with Crippen molar-refractivity contribution in [3.8, 4) is 0 Å². The summed E-state index contributed by atoms with van der Waals surface area (Å²) < 4.78 is 0. The number of likely N-dealkylation sites (tertiary alicyclic amines) is 1. The number of carbonyl (C=O) groups is 2. The lowest BCUT2D eigenvalue weighted by molar-refractivity contribution is -0.139. The van der Waals surface area contributed by atoms with Crippen LogP contribution in [-0.4, -0.2) is 82.1 Å². The molecule has 1 N–H and O–H groups in total. The standard InChI is InChI=1S/C30H41ClN6O2S/c1-22-19-36(16-17-37(22)29(39)24-10-6-3-7-11-24)27-18-26(31)33-30(34-27)40-21-28(38)32-25-12-14-35(15-13-25)20-23-8-4-2-5-9-23/h2,4-5,8-9,18,22,24-25H,3,6-7,10-17,19-21H2,1H3,(H,32,38). The molecule has 3 fully saturated rings. The minimum absolute atomic E-state index is 0.0000894. The van der Waals surface area contributed by atoms with E-state index in [0.29, 0.717) is 35.9 Å². The fourth-order valence-electron chi connectivity index (χ4n) is 6.17. The van der Waals surface area contributed by atoms with Crippen LogP contribution in [0.15, 0.2) is 41.6 Å². The van der Waals surface area contributed by atoms with E-state index in [0.717, 1.165) is 64.0 Å². The largest absolute Gasteiger partial charge is 0.353 e. The molecular formula is C30H41ClN6O2S. The predicted molar refractivity (Wildman–Crippen MR) is 161 cm³/mol. The van der Waals surface area contributed by atoms with Crippen LogP contribution in [0.3, 0.4) is 0 Å². The number of nitrogens with one attached hydrogen (secondary N) is 1. The molecule has 0 radical (unpaired) electrons. The third-order valence-electron chi connectivity index (χ3n) is 8.38. The lowest BCUT2D eigenvalue weighted by Gasteiger charge is -2.42. The van der Waals surface area contributed by atoms with E-state index < -0.39 is 0 Å². The number of anilines is 1. The summed E-state index contributed by atoms with van der Waals surface area (Å²) in [6.07, 6.45) is 7.53. The number of hydrogen-bond donors (Lipinski definition) is 1. The Morgan fingerprint density at radius 1 is 1.00 bits per heavy atom. The number of hydrogen-bond acceptors (Lipinski definition) is 7. The van der Waals surface area contributed by atoms with Gasteiger partial charge in [0.25, 0.3) is 0 Å². The summed E-state index contributed by atoms with van der Waals surface area (Å²) in [4.78, 5) is 41.6. The van der Waals surface area contributed by atoms with E-state index in [4.69, 9.17) is 16.6 Å². The molecular weight excluding hydrogens is 544 g/mol. The number of halogens is 1. The van der Waals surface area contributed by atoms with Crippen LogP contribution in [0.5, 0.6) is 0 Å². The number of piperazine rings is 1. The average molecular weight is 585 g/mol. The van der Waals surface area contributed by atoms with Crippen molar-refractivity contribution in [3.05, 3.63) is 47.1 Å². The van der Waals surface area contributed by atoms with Crippen molar-refractivity contribution in [1.29, 1.82) is 0 Å². The van der Waals surface area contributed by atoms with Crippen LogP contribution in [0.1, 0.15) is 57.4 Å². The van der Waals surface area contributed by atoms with Crippen LogP contribution in [0.4, 0.5) is 5.82 Å². The summed E-state index contributed by atoms with van der Waals surface area (Å²) in [5, 5.41) is 4.06. The molecule has 2 amide bonds. The zero-order chi connectivity index (χ0) is 27.9. The maximum absolute atomic E-state index is 13.1. The molecule has 0 spiro atoms. The molecule has 1 aromatic carbocycles. The fraction of sp³-hybridized carbons (Fsp3) is 0.600. The van der Waals surface area contributed by atoms with Gasteiger partial charge >= 0.3 is 0 Å². The van der Waals surface area contributed by atoms with E-state index in [-0.39, 0.29) is 29.7 Å². The minimum Gasteiger partial charge on any atom is -0.353 e. The third kappa shape index (κ3) is 7.89. The van der Waals surface area contributed by atoms with E-state index in [1.54, 1.807) is 6.07 Å². The number of aromatic nitrogens is 2. The Morgan fingerprint density at radius 2 is 1.75 bits per heavy atom. The Balaban J connectivity index is 1.08. The van der Waals surface area contributed by atoms with E-state index in [1.807, 2.05) is 6.07 Å². The molecule has 1 saturated carbocycles. The van der Waals surface area contributed by atoms with Crippen molar-refractivity contribution in [2.45, 2.75) is 75.7 Å². The topological polar surface area (TPSA) is 81.7 Å². The highest BCUT2D eigenvalue weighted by atomic mass is 35.5. The van der Waals surface area contributed by atoms with Crippen LogP contribution < -0.4 is 10.2 Å². The second-order valence-electron chi connectivity index (χ2n) is 11.4. The molecule has 1 atom stereocenters. The predicted octanol–water partition coefficient (Wildman–Crippen LogP) is 4.62. The third-order valence-corrected chi connectivity index (χ3v) is 9.42. The Kier molecular flexibility index (Phi) is 10.2. The van der Waals surface area contributed by atoms with Gasteiger partial charge in [0.05, 0.1) is 5.75 Å². The molecule has 1 aromatic heterocycles. The normalized spacial score (nSPS) is 21.4. The summed E-state index contributed by atoms with van der Waals surface area (Å²) in [7, 11) is 0. The first-order valence-electron chi connectivity index (χ1n) is 14.7. The van der Waals surface area contributed by atoms with Gasteiger partial charge in [-0.3, -0.25) is 14.5 Å². The molecule has 0 bridgehead atoms. The molecule has 40 heavy (non-hydrogen) atoms. The van der Waals surface area contributed by atoms with Crippen LogP contribution in [0.2, 0.25) is 5.15 Å². The molecule has 2 saturated heterocycles. The SMILES string of the molecule is CC1CN(c2cc(Cl)nc(SCC(=O)NC3CCN(Cc4ccccc4)CC3)n2)CCN1C(=O)C1CCCCC1. The van der Waals surface area contributed by atoms with Crippen molar-refractivity contribution < 1.29 is 9.59 Å². The smallest absolute Gasteiger partial charge is 0.230 e. The van der Waals surface area contributed by atoms with Crippen molar-refractivity contribution in [1.82, 2.24) is 25.1 Å². The summed E-state index contributed by atoms with van der Waals surface area (Å²) >= 11 is 7.68. The van der Waals surface area contributed by atoms with Crippen molar-refractivity contribution in [3.63, 3.8) is 0 Å². The Bertz CT molecular complexity index is 1140. The van der Waals surface area contributed by atoms with E-state index in [1.165, 1.54) is 23.7 Å². The first-order valence-corrected chi connectivity index (χ1v) is 16.1. The van der Waals surface area contributed by atoms with Crippen molar-refractivity contribution in [2.75, 3.05) is 43.4 Å². The van der Waals surface area contributed by atoms with E-state index >= 15 is 0 Å². The fourth-order valence-corrected chi connectivity index (χ4v) is 7.06. The van der Waals surface area contributed by atoms with Crippen molar-refractivity contribution >= 4 is 41.0 Å². The number of carbonyl (C=O) groups excluding carboxylic acids is 2. The number of thioether (sulfide) groups is 1. The number of piperidine rings is 1. The number of benzene rings is 1. The van der Waals surface area contributed by atoms with Gasteiger partial charge in [-0.2, -0.15) is 0 Å². The van der Waals surface area contributed by atoms with Gasteiger partial charge in [0.1, 0.15) is 11.0 Å². The zero-order valence-electron chi connectivity index (χ0n) is 23.4. The number of amides is 2. The van der Waals surface area contributed by atoms with Gasteiger partial charge < -0.3 is 15.1 Å². The van der Waals surface area contributed by atoms with Crippen molar-refractivity contribution in [2.24, 2.45) is 5.92 Å². The summed E-state index contributed by atoms with van der Waals surface area (Å²) in [6.45, 7) is 7.13. The molecule has 2 aromatic rings. The molecule has 1 aliphatic carbocycles. The summed E-state index contributed by atoms with van der Waals surface area (Å²) in [6, 6.07) is 12.6. The second-order valence-corrected chi connectivity index (χ2v) is 12.7. The molecule has 2 aliphatic heterocycles. The Morgan fingerprint density at radius 3 is 2.48 bits per heavy atom. The molecule has 3 heterocycles. The van der Waals surface area contributed by atoms with Gasteiger partial charge in [-0.1, -0.05) is 73.0 Å². The molecule has 216 valence electrons. The first kappa shape index (κ1) is 29.1.